The van der Waals surface area contributed by atoms with E-state index in [0.29, 0.717) is 5.70 Å². The zero-order chi connectivity index (χ0) is 15.8. The smallest absolute Gasteiger partial charge is 0.328 e. The van der Waals surface area contributed by atoms with Crippen molar-refractivity contribution in [2.45, 2.75) is 19.6 Å². The van der Waals surface area contributed by atoms with Crippen LogP contribution in [0.2, 0.25) is 0 Å². The van der Waals surface area contributed by atoms with Crippen molar-refractivity contribution >= 4 is 5.91 Å². The second-order valence-corrected chi connectivity index (χ2v) is 4.57. The Bertz CT molecular complexity index is 634. The van der Waals surface area contributed by atoms with E-state index in [2.05, 4.69) is 11.9 Å². The molecule has 0 saturated heterocycles. The Morgan fingerprint density at radius 2 is 2.00 bits per heavy atom. The number of allylic oxidation sites excluding steroid dienone is 1. The highest BCUT2D eigenvalue weighted by atomic mass is 19.4. The van der Waals surface area contributed by atoms with Crippen molar-refractivity contribution in [1.82, 2.24) is 10.2 Å². The van der Waals surface area contributed by atoms with Gasteiger partial charge in [0.05, 0.1) is 12.1 Å². The Morgan fingerprint density at radius 1 is 1.33 bits per heavy atom. The lowest BCUT2D eigenvalue weighted by Gasteiger charge is -2.31. The van der Waals surface area contributed by atoms with Crippen molar-refractivity contribution < 1.29 is 22.4 Å². The zero-order valence-corrected chi connectivity index (χ0v) is 11.1. The van der Waals surface area contributed by atoms with E-state index in [1.165, 1.54) is 17.9 Å². The number of nitrogens with one attached hydrogen (secondary N) is 1. The van der Waals surface area contributed by atoms with E-state index in [0.717, 1.165) is 18.2 Å². The molecule has 0 bridgehead atoms. The highest BCUT2D eigenvalue weighted by Gasteiger charge is 2.35. The van der Waals surface area contributed by atoms with Crippen LogP contribution in [0, 0.1) is 5.82 Å². The molecule has 1 heterocycles. The molecule has 21 heavy (non-hydrogen) atoms. The second-order valence-electron chi connectivity index (χ2n) is 4.57. The van der Waals surface area contributed by atoms with E-state index in [-0.39, 0.29) is 12.4 Å². The molecule has 1 aromatic carbocycles. The first-order valence-electron chi connectivity index (χ1n) is 6.00. The number of rotatable bonds is 2. The highest BCUT2D eigenvalue weighted by molar-refractivity contribution is 5.90. The fraction of sp³-hybridized carbons (Fsp3) is 0.214. The van der Waals surface area contributed by atoms with E-state index in [1.54, 1.807) is 0 Å². The van der Waals surface area contributed by atoms with Gasteiger partial charge in [-0.2, -0.15) is 13.2 Å². The molecule has 2 rings (SSSR count). The molecule has 7 heteroatoms. The van der Waals surface area contributed by atoms with Gasteiger partial charge in [0.25, 0.3) is 5.91 Å². The molecule has 1 amide bonds. The van der Waals surface area contributed by atoms with Gasteiger partial charge in [-0.3, -0.25) is 4.79 Å². The number of carbonyl (C=O) groups is 1. The first kappa shape index (κ1) is 15.1. The maximum absolute atomic E-state index is 13.8. The monoisotopic (exact) mass is 300 g/mol. The molecule has 0 aliphatic carbocycles. The minimum atomic E-state index is -4.66. The summed E-state index contributed by atoms with van der Waals surface area (Å²) in [6.07, 6.45) is -3.45. The molecule has 0 unspecified atom stereocenters. The van der Waals surface area contributed by atoms with Crippen LogP contribution in [-0.2, 0) is 17.5 Å². The van der Waals surface area contributed by atoms with Crippen molar-refractivity contribution in [3.63, 3.8) is 0 Å². The van der Waals surface area contributed by atoms with E-state index < -0.39 is 29.0 Å². The van der Waals surface area contributed by atoms with Crippen LogP contribution in [0.5, 0.6) is 0 Å². The van der Waals surface area contributed by atoms with Gasteiger partial charge in [0.1, 0.15) is 11.6 Å². The SMILES string of the molecule is C=C1NC(=O)C=C(C)N1Cc1c(F)cccc1C(F)(F)F. The number of nitrogens with zero attached hydrogens (tertiary/aromatic N) is 1. The number of hydrogen-bond acceptors (Lipinski definition) is 2. The summed E-state index contributed by atoms with van der Waals surface area (Å²) in [7, 11) is 0. The molecule has 0 aromatic heterocycles. The summed E-state index contributed by atoms with van der Waals surface area (Å²) in [5, 5.41) is 2.37. The first-order chi connectivity index (χ1) is 9.70. The van der Waals surface area contributed by atoms with Gasteiger partial charge < -0.3 is 10.2 Å². The van der Waals surface area contributed by atoms with Gasteiger partial charge in [0, 0.05) is 17.3 Å². The molecule has 0 fully saturated rings. The Hall–Kier alpha value is -2.31. The van der Waals surface area contributed by atoms with Crippen molar-refractivity contribution in [3.8, 4) is 0 Å². The highest BCUT2D eigenvalue weighted by Crippen LogP contribution is 2.34. The van der Waals surface area contributed by atoms with Crippen LogP contribution in [0.1, 0.15) is 18.1 Å². The average Bonchev–Trinajstić information content (AvgIpc) is 2.33. The third-order valence-corrected chi connectivity index (χ3v) is 3.10. The molecule has 112 valence electrons. The van der Waals surface area contributed by atoms with Crippen LogP contribution in [0.25, 0.3) is 0 Å². The average molecular weight is 300 g/mol. The Balaban J connectivity index is 2.43. The molecule has 0 spiro atoms. The molecule has 1 aliphatic heterocycles. The summed E-state index contributed by atoms with van der Waals surface area (Å²) in [5.41, 5.74) is -1.14. The number of amides is 1. The molecule has 0 radical (unpaired) electrons. The van der Waals surface area contributed by atoms with Crippen molar-refractivity contribution in [3.05, 3.63) is 59.3 Å². The zero-order valence-electron chi connectivity index (χ0n) is 11.1. The summed E-state index contributed by atoms with van der Waals surface area (Å²) in [4.78, 5) is 12.6. The summed E-state index contributed by atoms with van der Waals surface area (Å²) in [6.45, 7) is 4.73. The maximum atomic E-state index is 13.8. The van der Waals surface area contributed by atoms with Gasteiger partial charge in [-0.15, -0.1) is 0 Å². The molecule has 1 aromatic rings. The van der Waals surface area contributed by atoms with E-state index >= 15 is 0 Å². The molecule has 1 N–H and O–H groups in total. The third kappa shape index (κ3) is 3.07. The van der Waals surface area contributed by atoms with Crippen LogP contribution in [0.15, 0.2) is 42.4 Å². The van der Waals surface area contributed by atoms with Gasteiger partial charge in [0.15, 0.2) is 0 Å². The largest absolute Gasteiger partial charge is 0.416 e. The van der Waals surface area contributed by atoms with Gasteiger partial charge >= 0.3 is 6.18 Å². The van der Waals surface area contributed by atoms with Crippen LogP contribution >= 0.6 is 0 Å². The maximum Gasteiger partial charge on any atom is 0.416 e. The van der Waals surface area contributed by atoms with Crippen molar-refractivity contribution in [2.24, 2.45) is 0 Å². The number of hydrogen-bond donors (Lipinski definition) is 1. The molecular formula is C14H12F4N2O. The molecule has 3 nitrogen and oxygen atoms in total. The lowest BCUT2D eigenvalue weighted by molar-refractivity contribution is -0.138. The van der Waals surface area contributed by atoms with Gasteiger partial charge in [-0.25, -0.2) is 4.39 Å². The molecule has 1 aliphatic rings. The second kappa shape index (κ2) is 5.23. The minimum Gasteiger partial charge on any atom is -0.328 e. The van der Waals surface area contributed by atoms with Crippen LogP contribution < -0.4 is 5.32 Å². The normalized spacial score (nSPS) is 15.9. The lowest BCUT2D eigenvalue weighted by Crippen LogP contribution is -2.38. The topological polar surface area (TPSA) is 32.3 Å². The first-order valence-corrected chi connectivity index (χ1v) is 6.00. The Kier molecular flexibility index (Phi) is 3.76. The van der Waals surface area contributed by atoms with Gasteiger partial charge in [0.2, 0.25) is 0 Å². The van der Waals surface area contributed by atoms with Crippen LogP contribution in [-0.4, -0.2) is 10.8 Å². The van der Waals surface area contributed by atoms with Crippen LogP contribution in [0.3, 0.4) is 0 Å². The fourth-order valence-electron chi connectivity index (χ4n) is 2.09. The molecule has 0 atom stereocenters. The molecule has 0 saturated carbocycles. The van der Waals surface area contributed by atoms with Crippen molar-refractivity contribution in [1.29, 1.82) is 0 Å². The summed E-state index contributed by atoms with van der Waals surface area (Å²) in [6, 6.07) is 2.80. The van der Waals surface area contributed by atoms with E-state index in [1.807, 2.05) is 0 Å². The number of carbonyl (C=O) groups excluding carboxylic acids is 1. The van der Waals surface area contributed by atoms with Gasteiger partial charge in [-0.1, -0.05) is 12.6 Å². The minimum absolute atomic E-state index is 0.108. The third-order valence-electron chi connectivity index (χ3n) is 3.10. The van der Waals surface area contributed by atoms with Crippen molar-refractivity contribution in [2.75, 3.05) is 0 Å². The van der Waals surface area contributed by atoms with Gasteiger partial charge in [-0.05, 0) is 19.1 Å². The van der Waals surface area contributed by atoms with Crippen LogP contribution in [0.4, 0.5) is 17.6 Å². The molecular weight excluding hydrogens is 288 g/mol. The van der Waals surface area contributed by atoms with E-state index in [4.69, 9.17) is 0 Å². The Morgan fingerprint density at radius 3 is 2.57 bits per heavy atom. The standard InChI is InChI=1S/C14H12F4N2O/c1-8-6-13(21)19-9(2)20(8)7-10-11(14(16,17)18)4-3-5-12(10)15/h3-6H,2,7H2,1H3,(H,19,21). The predicted molar refractivity (Wildman–Crippen MR) is 68.0 cm³/mol. The Labute approximate surface area is 118 Å². The lowest BCUT2D eigenvalue weighted by atomic mass is 10.1. The fourth-order valence-corrected chi connectivity index (χ4v) is 2.09. The summed E-state index contributed by atoms with van der Waals surface area (Å²) in [5.74, 6) is -1.27. The van der Waals surface area contributed by atoms with E-state index in [9.17, 15) is 22.4 Å². The summed E-state index contributed by atoms with van der Waals surface area (Å²) < 4.78 is 52.6. The number of alkyl halides is 3. The quantitative estimate of drug-likeness (QED) is 0.851. The predicted octanol–water partition coefficient (Wildman–Crippen LogP) is 3.15. The summed E-state index contributed by atoms with van der Waals surface area (Å²) >= 11 is 0. The number of halogens is 4. The number of benzene rings is 1.